The largest absolute Gasteiger partial charge is 0.393 e. The van der Waals surface area contributed by atoms with Crippen LogP contribution in [0.2, 0.25) is 0 Å². The molecule has 7 atom stereocenters. The van der Waals surface area contributed by atoms with Crippen molar-refractivity contribution in [1.82, 2.24) is 0 Å². The van der Waals surface area contributed by atoms with E-state index in [1.807, 2.05) is 6.08 Å². The maximum atomic E-state index is 12.0. The van der Waals surface area contributed by atoms with Crippen LogP contribution in [-0.4, -0.2) is 29.2 Å². The molecule has 1 N–H and O–H groups in total. The molecule has 3 heteroatoms. The highest BCUT2D eigenvalue weighted by atomic mass is 16.6. The number of epoxide rings is 1. The third kappa shape index (κ3) is 1.65. The summed E-state index contributed by atoms with van der Waals surface area (Å²) in [6, 6.07) is 0. The number of carbonyl (C=O) groups is 1. The fourth-order valence-corrected chi connectivity index (χ4v) is 6.78. The summed E-state index contributed by atoms with van der Waals surface area (Å²) in [4.78, 5) is 12.0. The van der Waals surface area contributed by atoms with E-state index < -0.39 is 0 Å². The second-order valence-corrected chi connectivity index (χ2v) is 9.08. The van der Waals surface area contributed by atoms with Gasteiger partial charge in [-0.1, -0.05) is 19.9 Å². The van der Waals surface area contributed by atoms with Crippen LogP contribution in [0.15, 0.2) is 23.8 Å². The lowest BCUT2D eigenvalue weighted by Gasteiger charge is -2.58. The van der Waals surface area contributed by atoms with Gasteiger partial charge in [-0.05, 0) is 73.0 Å². The van der Waals surface area contributed by atoms with Crippen LogP contribution in [-0.2, 0) is 9.53 Å². The standard InChI is InChI=1S/C20H26O3/c1-18-7-5-12(21)9-16(18)20(11-23-20)10-13-14-3-4-17(22)19(14,2)8-6-15(13)18/h5,7,9,13-15,17,22H,3-4,6,8,10-11H2,1-2H3. The summed E-state index contributed by atoms with van der Waals surface area (Å²) in [6.45, 7) is 5.39. The minimum absolute atomic E-state index is 0.0395. The highest BCUT2D eigenvalue weighted by molar-refractivity contribution is 6.01. The molecule has 3 saturated carbocycles. The predicted octanol–water partition coefficient (Wildman–Crippen LogP) is 3.03. The lowest BCUT2D eigenvalue weighted by atomic mass is 9.46. The molecule has 0 amide bonds. The van der Waals surface area contributed by atoms with Crippen molar-refractivity contribution in [2.75, 3.05) is 6.61 Å². The van der Waals surface area contributed by atoms with Crippen molar-refractivity contribution in [3.8, 4) is 0 Å². The van der Waals surface area contributed by atoms with E-state index in [9.17, 15) is 9.90 Å². The lowest BCUT2D eigenvalue weighted by molar-refractivity contribution is -0.111. The van der Waals surface area contributed by atoms with E-state index in [4.69, 9.17) is 4.74 Å². The van der Waals surface area contributed by atoms with Crippen LogP contribution < -0.4 is 0 Å². The SMILES string of the molecule is CC12C=CC(=O)C=C1C1(CO1)CC1C2CCC2(C)C(O)CCC12. The number of carbonyl (C=O) groups excluding carboxylic acids is 1. The van der Waals surface area contributed by atoms with Crippen LogP contribution in [0.3, 0.4) is 0 Å². The minimum Gasteiger partial charge on any atom is -0.393 e. The summed E-state index contributed by atoms with van der Waals surface area (Å²) in [7, 11) is 0. The van der Waals surface area contributed by atoms with Gasteiger partial charge in [0, 0.05) is 5.41 Å². The molecule has 1 saturated heterocycles. The fraction of sp³-hybridized carbons (Fsp3) is 0.750. The van der Waals surface area contributed by atoms with Crippen molar-refractivity contribution in [2.24, 2.45) is 28.6 Å². The molecule has 1 aliphatic heterocycles. The molecule has 4 fully saturated rings. The predicted molar refractivity (Wildman–Crippen MR) is 86.7 cm³/mol. The van der Waals surface area contributed by atoms with Crippen LogP contribution in [0.5, 0.6) is 0 Å². The zero-order valence-corrected chi connectivity index (χ0v) is 14.0. The quantitative estimate of drug-likeness (QED) is 0.699. The molecule has 1 heterocycles. The van der Waals surface area contributed by atoms with Crippen molar-refractivity contribution in [3.63, 3.8) is 0 Å². The molecule has 0 bridgehead atoms. The minimum atomic E-state index is -0.178. The van der Waals surface area contributed by atoms with Gasteiger partial charge in [0.25, 0.3) is 0 Å². The van der Waals surface area contributed by atoms with Crippen LogP contribution in [0.25, 0.3) is 0 Å². The van der Waals surface area contributed by atoms with Gasteiger partial charge in [0.05, 0.1) is 12.7 Å². The molecular weight excluding hydrogens is 288 g/mol. The van der Waals surface area contributed by atoms with E-state index in [0.717, 1.165) is 38.7 Å². The number of hydrogen-bond acceptors (Lipinski definition) is 3. The third-order valence-electron chi connectivity index (χ3n) is 8.17. The maximum Gasteiger partial charge on any atom is 0.178 e. The van der Waals surface area contributed by atoms with E-state index in [0.29, 0.717) is 17.8 Å². The van der Waals surface area contributed by atoms with E-state index in [1.165, 1.54) is 5.57 Å². The maximum absolute atomic E-state index is 12.0. The topological polar surface area (TPSA) is 49.8 Å². The molecule has 0 aromatic carbocycles. The van der Waals surface area contributed by atoms with E-state index in [1.54, 1.807) is 6.08 Å². The van der Waals surface area contributed by atoms with Crippen molar-refractivity contribution < 1.29 is 14.6 Å². The highest BCUT2D eigenvalue weighted by Gasteiger charge is 2.66. The molecule has 7 unspecified atom stereocenters. The van der Waals surface area contributed by atoms with Crippen LogP contribution >= 0.6 is 0 Å². The summed E-state index contributed by atoms with van der Waals surface area (Å²) in [5.74, 6) is 1.90. The van der Waals surface area contributed by atoms with Crippen LogP contribution in [0.4, 0.5) is 0 Å². The summed E-state index contributed by atoms with van der Waals surface area (Å²) in [5, 5.41) is 10.5. The summed E-state index contributed by atoms with van der Waals surface area (Å²) < 4.78 is 5.96. The first-order valence-corrected chi connectivity index (χ1v) is 9.17. The average Bonchev–Trinajstić information content (AvgIpc) is 3.21. The van der Waals surface area contributed by atoms with Gasteiger partial charge in [0.15, 0.2) is 5.78 Å². The van der Waals surface area contributed by atoms with Gasteiger partial charge in [0.2, 0.25) is 0 Å². The number of ketones is 1. The Morgan fingerprint density at radius 1 is 1.22 bits per heavy atom. The fourth-order valence-electron chi connectivity index (χ4n) is 6.78. The molecule has 3 nitrogen and oxygen atoms in total. The number of allylic oxidation sites excluding steroid dienone is 3. The van der Waals surface area contributed by atoms with Crippen molar-refractivity contribution in [3.05, 3.63) is 23.8 Å². The van der Waals surface area contributed by atoms with Gasteiger partial charge < -0.3 is 9.84 Å². The van der Waals surface area contributed by atoms with Gasteiger partial charge in [-0.2, -0.15) is 0 Å². The molecule has 5 rings (SSSR count). The van der Waals surface area contributed by atoms with Crippen LogP contribution in [0.1, 0.15) is 46.0 Å². The first-order valence-electron chi connectivity index (χ1n) is 9.17. The Morgan fingerprint density at radius 2 is 2.00 bits per heavy atom. The normalized spacial score (nSPS) is 56.8. The zero-order chi connectivity index (χ0) is 16.0. The Morgan fingerprint density at radius 3 is 2.74 bits per heavy atom. The van der Waals surface area contributed by atoms with Gasteiger partial charge in [-0.15, -0.1) is 0 Å². The monoisotopic (exact) mass is 314 g/mol. The van der Waals surface area contributed by atoms with Crippen molar-refractivity contribution >= 4 is 5.78 Å². The van der Waals surface area contributed by atoms with E-state index in [2.05, 4.69) is 19.9 Å². The number of aliphatic hydroxyl groups is 1. The van der Waals surface area contributed by atoms with Gasteiger partial charge >= 0.3 is 0 Å². The van der Waals surface area contributed by atoms with Gasteiger partial charge in [0.1, 0.15) is 5.60 Å². The van der Waals surface area contributed by atoms with Gasteiger partial charge in [-0.25, -0.2) is 0 Å². The Kier molecular flexibility index (Phi) is 2.62. The Hall–Kier alpha value is -0.930. The first kappa shape index (κ1) is 14.4. The van der Waals surface area contributed by atoms with Crippen molar-refractivity contribution in [2.45, 2.75) is 57.7 Å². The van der Waals surface area contributed by atoms with Crippen LogP contribution in [0, 0.1) is 28.6 Å². The molecule has 23 heavy (non-hydrogen) atoms. The first-order chi connectivity index (χ1) is 10.9. The molecule has 0 aromatic rings. The number of hydrogen-bond donors (Lipinski definition) is 1. The number of rotatable bonds is 0. The Bertz CT molecular complexity index is 643. The summed E-state index contributed by atoms with van der Waals surface area (Å²) in [6.07, 6.45) is 11.1. The molecule has 5 aliphatic rings. The van der Waals surface area contributed by atoms with Crippen molar-refractivity contribution in [1.29, 1.82) is 0 Å². The second-order valence-electron chi connectivity index (χ2n) is 9.08. The summed E-state index contributed by atoms with van der Waals surface area (Å²) in [5.41, 5.74) is 1.11. The summed E-state index contributed by atoms with van der Waals surface area (Å²) >= 11 is 0. The molecule has 0 radical (unpaired) electrons. The van der Waals surface area contributed by atoms with E-state index in [-0.39, 0.29) is 28.3 Å². The zero-order valence-electron chi connectivity index (χ0n) is 14.0. The molecule has 1 spiro atoms. The molecule has 124 valence electrons. The lowest BCUT2D eigenvalue weighted by Crippen LogP contribution is -2.54. The Labute approximate surface area is 137 Å². The number of ether oxygens (including phenoxy) is 1. The Balaban J connectivity index is 1.60. The average molecular weight is 314 g/mol. The molecule has 4 aliphatic carbocycles. The highest BCUT2D eigenvalue weighted by Crippen LogP contribution is 2.68. The molecule has 0 aromatic heterocycles. The second kappa shape index (κ2) is 4.18. The molecular formula is C20H26O3. The number of aliphatic hydroxyl groups excluding tert-OH is 1. The van der Waals surface area contributed by atoms with Gasteiger partial charge in [-0.3, -0.25) is 4.79 Å². The third-order valence-corrected chi connectivity index (χ3v) is 8.17. The smallest absolute Gasteiger partial charge is 0.178 e. The number of fused-ring (bicyclic) bond motifs is 6. The van der Waals surface area contributed by atoms with E-state index >= 15 is 0 Å².